The molecule has 0 aromatic carbocycles. The highest BCUT2D eigenvalue weighted by Crippen LogP contribution is 2.20. The van der Waals surface area contributed by atoms with E-state index in [-0.39, 0.29) is 0 Å². The van der Waals surface area contributed by atoms with Crippen molar-refractivity contribution in [3.05, 3.63) is 47.5 Å². The molecule has 0 fully saturated rings. The van der Waals surface area contributed by atoms with E-state index in [1.165, 1.54) is 0 Å². The van der Waals surface area contributed by atoms with E-state index in [2.05, 4.69) is 11.1 Å². The van der Waals surface area contributed by atoms with Crippen LogP contribution in [-0.4, -0.2) is 12.0 Å². The highest BCUT2D eigenvalue weighted by Gasteiger charge is 2.12. The molecule has 86 valence electrons. The molecule has 0 spiro atoms. The molecule has 0 N–H and O–H groups in total. The number of hydrogen-bond acceptors (Lipinski definition) is 4. The fourth-order valence-corrected chi connectivity index (χ4v) is 1.68. The molecule has 2 rings (SSSR count). The number of nitriles is 1. The molecule has 0 aliphatic carbocycles. The van der Waals surface area contributed by atoms with E-state index in [0.29, 0.717) is 17.9 Å². The van der Waals surface area contributed by atoms with Crippen LogP contribution in [0.25, 0.3) is 0 Å². The first-order chi connectivity index (χ1) is 8.22. The summed E-state index contributed by atoms with van der Waals surface area (Å²) in [7, 11) is 1.89. The topological polar surface area (TPSA) is 53.1 Å². The van der Waals surface area contributed by atoms with Gasteiger partial charge in [-0.25, -0.2) is 4.98 Å². The summed E-state index contributed by atoms with van der Waals surface area (Å²) >= 11 is 0. The van der Waals surface area contributed by atoms with Gasteiger partial charge < -0.3 is 9.32 Å². The van der Waals surface area contributed by atoms with E-state index in [4.69, 9.17) is 9.68 Å². The molecule has 4 heteroatoms. The predicted molar refractivity (Wildman–Crippen MR) is 64.5 cm³/mol. The minimum Gasteiger partial charge on any atom is -0.467 e. The largest absolute Gasteiger partial charge is 0.467 e. The van der Waals surface area contributed by atoms with Crippen molar-refractivity contribution in [3.8, 4) is 6.07 Å². The third-order valence-corrected chi connectivity index (χ3v) is 2.59. The van der Waals surface area contributed by atoms with Crippen LogP contribution < -0.4 is 4.90 Å². The molecule has 2 heterocycles. The van der Waals surface area contributed by atoms with Gasteiger partial charge in [0.15, 0.2) is 0 Å². The quantitative estimate of drug-likeness (QED) is 0.808. The summed E-state index contributed by atoms with van der Waals surface area (Å²) in [5.41, 5.74) is 1.55. The Balaban J connectivity index is 2.28. The summed E-state index contributed by atoms with van der Waals surface area (Å²) in [6.45, 7) is 2.50. The van der Waals surface area contributed by atoms with Gasteiger partial charge in [0.2, 0.25) is 0 Å². The smallest absolute Gasteiger partial charge is 0.146 e. The molecule has 0 amide bonds. The minimum absolute atomic E-state index is 0.595. The number of furan rings is 1. The number of aromatic nitrogens is 1. The number of aryl methyl sites for hydroxylation is 1. The lowest BCUT2D eigenvalue weighted by atomic mass is 10.1. The number of nitrogens with zero attached hydrogens (tertiary/aromatic N) is 3. The first-order valence-electron chi connectivity index (χ1n) is 5.31. The van der Waals surface area contributed by atoms with Gasteiger partial charge in [-0.3, -0.25) is 0 Å². The highest BCUT2D eigenvalue weighted by molar-refractivity contribution is 5.56. The second kappa shape index (κ2) is 4.71. The van der Waals surface area contributed by atoms with Crippen LogP contribution in [0.4, 0.5) is 5.82 Å². The van der Waals surface area contributed by atoms with Crippen LogP contribution in [-0.2, 0) is 6.54 Å². The Kier molecular flexibility index (Phi) is 3.10. The van der Waals surface area contributed by atoms with E-state index in [9.17, 15) is 0 Å². The summed E-state index contributed by atoms with van der Waals surface area (Å²) in [4.78, 5) is 6.16. The van der Waals surface area contributed by atoms with Crippen molar-refractivity contribution < 1.29 is 4.42 Å². The van der Waals surface area contributed by atoms with E-state index >= 15 is 0 Å². The van der Waals surface area contributed by atoms with Crippen LogP contribution in [0.2, 0.25) is 0 Å². The predicted octanol–water partition coefficient (Wildman–Crippen LogP) is 2.49. The molecule has 0 unspecified atom stereocenters. The van der Waals surface area contributed by atoms with E-state index < -0.39 is 0 Å². The molecule has 0 saturated carbocycles. The van der Waals surface area contributed by atoms with Gasteiger partial charge in [-0.1, -0.05) is 0 Å². The lowest BCUT2D eigenvalue weighted by Crippen LogP contribution is -2.18. The molecule has 17 heavy (non-hydrogen) atoms. The van der Waals surface area contributed by atoms with Gasteiger partial charge in [0.1, 0.15) is 17.6 Å². The number of pyridine rings is 1. The summed E-state index contributed by atoms with van der Waals surface area (Å²) in [5.74, 6) is 1.53. The van der Waals surface area contributed by atoms with Crippen molar-refractivity contribution in [1.29, 1.82) is 5.26 Å². The second-order valence-electron chi connectivity index (χ2n) is 3.87. The molecule has 2 aromatic heterocycles. The van der Waals surface area contributed by atoms with Crippen molar-refractivity contribution in [3.63, 3.8) is 0 Å². The van der Waals surface area contributed by atoms with Crippen LogP contribution in [0.1, 0.15) is 16.9 Å². The minimum atomic E-state index is 0.595. The summed E-state index contributed by atoms with van der Waals surface area (Å²) in [6, 6.07) is 7.77. The van der Waals surface area contributed by atoms with E-state index in [1.807, 2.05) is 37.1 Å². The summed E-state index contributed by atoms with van der Waals surface area (Å²) in [5, 5.41) is 9.13. The van der Waals surface area contributed by atoms with Gasteiger partial charge in [0.25, 0.3) is 0 Å². The Morgan fingerprint density at radius 3 is 2.94 bits per heavy atom. The Bertz CT molecular complexity index is 540. The van der Waals surface area contributed by atoms with Gasteiger partial charge in [0, 0.05) is 13.2 Å². The first-order valence-corrected chi connectivity index (χ1v) is 5.31. The average Bonchev–Trinajstić information content (AvgIpc) is 2.81. The zero-order valence-electron chi connectivity index (χ0n) is 9.84. The van der Waals surface area contributed by atoms with Crippen molar-refractivity contribution in [1.82, 2.24) is 4.98 Å². The molecule has 0 aliphatic heterocycles. The van der Waals surface area contributed by atoms with E-state index in [0.717, 1.165) is 11.3 Å². The number of hydrogen-bond donors (Lipinski definition) is 0. The van der Waals surface area contributed by atoms with Gasteiger partial charge >= 0.3 is 0 Å². The first kappa shape index (κ1) is 11.2. The van der Waals surface area contributed by atoms with Gasteiger partial charge in [0.05, 0.1) is 18.4 Å². The lowest BCUT2D eigenvalue weighted by molar-refractivity contribution is 0.507. The van der Waals surface area contributed by atoms with Crippen LogP contribution >= 0.6 is 0 Å². The third kappa shape index (κ3) is 2.28. The monoisotopic (exact) mass is 227 g/mol. The third-order valence-electron chi connectivity index (χ3n) is 2.59. The molecule has 0 aliphatic rings. The molecule has 0 bridgehead atoms. The molecule has 4 nitrogen and oxygen atoms in total. The van der Waals surface area contributed by atoms with Crippen molar-refractivity contribution in [2.24, 2.45) is 0 Å². The second-order valence-corrected chi connectivity index (χ2v) is 3.87. The van der Waals surface area contributed by atoms with Crippen LogP contribution in [0.15, 0.2) is 35.1 Å². The zero-order chi connectivity index (χ0) is 12.3. The van der Waals surface area contributed by atoms with Crippen LogP contribution in [0.5, 0.6) is 0 Å². The SMILES string of the molecule is Cc1ccnc(N(C)Cc2ccco2)c1C#N. The maximum atomic E-state index is 9.13. The highest BCUT2D eigenvalue weighted by atomic mass is 16.3. The molecule has 0 saturated heterocycles. The Labute approximate surface area is 100 Å². The summed E-state index contributed by atoms with van der Waals surface area (Å²) < 4.78 is 5.28. The fraction of sp³-hybridized carbons (Fsp3) is 0.231. The van der Waals surface area contributed by atoms with Crippen LogP contribution in [0, 0.1) is 18.3 Å². The van der Waals surface area contributed by atoms with Crippen molar-refractivity contribution >= 4 is 5.82 Å². The Morgan fingerprint density at radius 1 is 1.47 bits per heavy atom. The average molecular weight is 227 g/mol. The Morgan fingerprint density at radius 2 is 2.29 bits per heavy atom. The van der Waals surface area contributed by atoms with Crippen LogP contribution in [0.3, 0.4) is 0 Å². The molecule has 0 atom stereocenters. The van der Waals surface area contributed by atoms with Gasteiger partial charge in [-0.05, 0) is 30.7 Å². The van der Waals surface area contributed by atoms with Gasteiger partial charge in [-0.15, -0.1) is 0 Å². The maximum Gasteiger partial charge on any atom is 0.146 e. The van der Waals surface area contributed by atoms with Gasteiger partial charge in [-0.2, -0.15) is 5.26 Å². The lowest BCUT2D eigenvalue weighted by Gasteiger charge is -2.18. The maximum absolute atomic E-state index is 9.13. The number of anilines is 1. The standard InChI is InChI=1S/C13H13N3O/c1-10-5-6-15-13(12(10)8-14)16(2)9-11-4-3-7-17-11/h3-7H,9H2,1-2H3. The normalized spacial score (nSPS) is 9.94. The number of rotatable bonds is 3. The molecule has 0 radical (unpaired) electrons. The molecular formula is C13H13N3O. The van der Waals surface area contributed by atoms with Crippen molar-refractivity contribution in [2.45, 2.75) is 13.5 Å². The van der Waals surface area contributed by atoms with Crippen molar-refractivity contribution in [2.75, 3.05) is 11.9 Å². The Hall–Kier alpha value is -2.28. The zero-order valence-corrected chi connectivity index (χ0v) is 9.84. The fourth-order valence-electron chi connectivity index (χ4n) is 1.68. The molecular weight excluding hydrogens is 214 g/mol. The molecule has 2 aromatic rings. The summed E-state index contributed by atoms with van der Waals surface area (Å²) in [6.07, 6.45) is 3.35. The van der Waals surface area contributed by atoms with E-state index in [1.54, 1.807) is 12.5 Å².